The lowest BCUT2D eigenvalue weighted by atomic mass is 10.0. The van der Waals surface area contributed by atoms with Gasteiger partial charge in [-0.15, -0.1) is 0 Å². The van der Waals surface area contributed by atoms with E-state index in [9.17, 15) is 18.0 Å². The van der Waals surface area contributed by atoms with Gasteiger partial charge in [0.2, 0.25) is 21.8 Å². The molecule has 0 aliphatic rings. The van der Waals surface area contributed by atoms with Crippen LogP contribution >= 0.6 is 11.6 Å². The van der Waals surface area contributed by atoms with Crippen LogP contribution in [0.15, 0.2) is 78.9 Å². The Morgan fingerprint density at radius 2 is 1.67 bits per heavy atom. The number of halogens is 1. The number of carbonyl (C=O) groups is 2. The Hall–Kier alpha value is -3.56. The van der Waals surface area contributed by atoms with Crippen molar-refractivity contribution in [3.8, 4) is 5.75 Å². The van der Waals surface area contributed by atoms with E-state index in [-0.39, 0.29) is 37.7 Å². The van der Waals surface area contributed by atoms with Crippen LogP contribution in [0.3, 0.4) is 0 Å². The summed E-state index contributed by atoms with van der Waals surface area (Å²) >= 11 is 6.08. The number of methoxy groups -OCH3 is 1. The fraction of sp³-hybridized carbons (Fsp3) is 0.310. The summed E-state index contributed by atoms with van der Waals surface area (Å²) in [5, 5.41) is 3.11. The van der Waals surface area contributed by atoms with Gasteiger partial charge in [-0.25, -0.2) is 8.42 Å². The molecule has 3 rings (SSSR count). The largest absolute Gasteiger partial charge is 0.497 e. The molecule has 0 spiro atoms. The van der Waals surface area contributed by atoms with Gasteiger partial charge in [-0.2, -0.15) is 0 Å². The molecular formula is C29H34ClN3O5S. The summed E-state index contributed by atoms with van der Waals surface area (Å²) in [5.41, 5.74) is 2.15. The standard InChI is InChI=1S/C29H34ClN3O5S/c1-31-29(35)27(19-22-10-5-4-6-11-22)32(21-23-12-7-15-26(18-23)38-2)28(34)16-9-17-33(39(3,36)37)25-14-8-13-24(30)20-25/h4-8,10-15,18,20,27H,9,16-17,19,21H2,1-3H3,(H,31,35)/t27-/m0/s1. The second-order valence-corrected chi connectivity index (χ2v) is 11.5. The predicted octanol–water partition coefficient (Wildman–Crippen LogP) is 4.28. The van der Waals surface area contributed by atoms with E-state index in [1.807, 2.05) is 54.6 Å². The van der Waals surface area contributed by atoms with Gasteiger partial charge in [0.25, 0.3) is 0 Å². The van der Waals surface area contributed by atoms with Crippen LogP contribution in [-0.4, -0.2) is 58.1 Å². The van der Waals surface area contributed by atoms with Gasteiger partial charge in [0.05, 0.1) is 19.1 Å². The van der Waals surface area contributed by atoms with Crippen molar-refractivity contribution >= 4 is 39.1 Å². The van der Waals surface area contributed by atoms with Gasteiger partial charge < -0.3 is 15.0 Å². The topological polar surface area (TPSA) is 96.0 Å². The van der Waals surface area contributed by atoms with Gasteiger partial charge in [-0.1, -0.05) is 60.1 Å². The van der Waals surface area contributed by atoms with Crippen LogP contribution in [0, 0.1) is 0 Å². The number of hydrogen-bond acceptors (Lipinski definition) is 5. The minimum absolute atomic E-state index is 0.0405. The van der Waals surface area contributed by atoms with Gasteiger partial charge in [-0.05, 0) is 47.9 Å². The van der Waals surface area contributed by atoms with E-state index in [0.717, 1.165) is 17.4 Å². The third kappa shape index (κ3) is 8.73. The Bertz CT molecular complexity index is 1370. The highest BCUT2D eigenvalue weighted by Crippen LogP contribution is 2.23. The van der Waals surface area contributed by atoms with Crippen molar-refractivity contribution in [1.82, 2.24) is 10.2 Å². The molecule has 39 heavy (non-hydrogen) atoms. The van der Waals surface area contributed by atoms with Gasteiger partial charge in [-0.3, -0.25) is 13.9 Å². The summed E-state index contributed by atoms with van der Waals surface area (Å²) in [4.78, 5) is 28.3. The average Bonchev–Trinajstić information content (AvgIpc) is 2.92. The number of hydrogen-bond donors (Lipinski definition) is 1. The van der Waals surface area contributed by atoms with E-state index < -0.39 is 16.1 Å². The number of ether oxygens (including phenoxy) is 1. The van der Waals surface area contributed by atoms with Gasteiger partial charge in [0, 0.05) is 38.0 Å². The highest BCUT2D eigenvalue weighted by atomic mass is 35.5. The van der Waals surface area contributed by atoms with Gasteiger partial charge in [0.15, 0.2) is 0 Å². The molecule has 208 valence electrons. The molecule has 3 aromatic rings. The average molecular weight is 572 g/mol. The zero-order valence-electron chi connectivity index (χ0n) is 22.3. The minimum atomic E-state index is -3.61. The van der Waals surface area contributed by atoms with Crippen LogP contribution in [0.25, 0.3) is 0 Å². The van der Waals surface area contributed by atoms with E-state index in [1.165, 1.54) is 4.31 Å². The molecule has 10 heteroatoms. The Morgan fingerprint density at radius 3 is 2.31 bits per heavy atom. The van der Waals surface area contributed by atoms with Crippen LogP contribution in [0.2, 0.25) is 5.02 Å². The molecule has 0 aliphatic carbocycles. The molecule has 0 bridgehead atoms. The summed E-state index contributed by atoms with van der Waals surface area (Å²) in [7, 11) is -0.499. The number of amides is 2. The van der Waals surface area contributed by atoms with Crippen LogP contribution < -0.4 is 14.4 Å². The summed E-state index contributed by atoms with van der Waals surface area (Å²) in [6.45, 7) is 0.270. The number of benzene rings is 3. The monoisotopic (exact) mass is 571 g/mol. The molecule has 2 amide bonds. The predicted molar refractivity (Wildman–Crippen MR) is 154 cm³/mol. The molecule has 0 aliphatic heterocycles. The molecule has 1 atom stereocenters. The quantitative estimate of drug-likeness (QED) is 0.330. The fourth-order valence-corrected chi connectivity index (χ4v) is 5.47. The first kappa shape index (κ1) is 30.0. The van der Waals surface area contributed by atoms with Crippen LogP contribution in [-0.2, 0) is 32.6 Å². The van der Waals surface area contributed by atoms with Crippen molar-refractivity contribution in [2.45, 2.75) is 31.8 Å². The van der Waals surface area contributed by atoms with Gasteiger partial charge >= 0.3 is 0 Å². The van der Waals surface area contributed by atoms with E-state index in [1.54, 1.807) is 43.3 Å². The maximum absolute atomic E-state index is 13.7. The smallest absolute Gasteiger partial charge is 0.242 e. The first-order valence-corrected chi connectivity index (χ1v) is 14.8. The summed E-state index contributed by atoms with van der Waals surface area (Å²) < 4.78 is 31.6. The van der Waals surface area contributed by atoms with Crippen molar-refractivity contribution in [3.63, 3.8) is 0 Å². The number of nitrogens with one attached hydrogen (secondary N) is 1. The molecule has 0 fully saturated rings. The van der Waals surface area contributed by atoms with Crippen LogP contribution in [0.5, 0.6) is 5.75 Å². The first-order chi connectivity index (χ1) is 18.6. The zero-order chi connectivity index (χ0) is 28.4. The molecule has 1 N–H and O–H groups in total. The molecule has 0 heterocycles. The molecule has 0 aromatic heterocycles. The summed E-state index contributed by atoms with van der Waals surface area (Å²) in [6, 6.07) is 22.6. The Labute approximate surface area is 235 Å². The van der Waals surface area contributed by atoms with E-state index in [4.69, 9.17) is 16.3 Å². The second-order valence-electron chi connectivity index (χ2n) is 9.11. The van der Waals surface area contributed by atoms with E-state index >= 15 is 0 Å². The SMILES string of the molecule is CNC(=O)[C@H](Cc1ccccc1)N(Cc1cccc(OC)c1)C(=O)CCCN(c1cccc(Cl)c1)S(C)(=O)=O. The van der Waals surface area contributed by atoms with Crippen LogP contribution in [0.4, 0.5) is 5.69 Å². The second kappa shape index (κ2) is 14.0. The first-order valence-electron chi connectivity index (χ1n) is 12.5. The Morgan fingerprint density at radius 1 is 0.974 bits per heavy atom. The zero-order valence-corrected chi connectivity index (χ0v) is 23.9. The van der Waals surface area contributed by atoms with Crippen molar-refractivity contribution in [1.29, 1.82) is 0 Å². The highest BCUT2D eigenvalue weighted by molar-refractivity contribution is 7.92. The fourth-order valence-electron chi connectivity index (χ4n) is 4.32. The molecule has 3 aromatic carbocycles. The van der Waals surface area contributed by atoms with Crippen LogP contribution in [0.1, 0.15) is 24.0 Å². The Balaban J connectivity index is 1.86. The highest BCUT2D eigenvalue weighted by Gasteiger charge is 2.30. The normalized spacial score (nSPS) is 11.9. The maximum atomic E-state index is 13.7. The molecular weight excluding hydrogens is 538 g/mol. The van der Waals surface area contributed by atoms with E-state index in [2.05, 4.69) is 5.32 Å². The minimum Gasteiger partial charge on any atom is -0.497 e. The Kier molecular flexibility index (Phi) is 10.8. The molecule has 8 nitrogen and oxygen atoms in total. The number of carbonyl (C=O) groups excluding carboxylic acids is 2. The van der Waals surface area contributed by atoms with Gasteiger partial charge in [0.1, 0.15) is 11.8 Å². The van der Waals surface area contributed by atoms with Crippen molar-refractivity contribution < 1.29 is 22.7 Å². The van der Waals surface area contributed by atoms with E-state index in [0.29, 0.717) is 22.9 Å². The van der Waals surface area contributed by atoms with Crippen molar-refractivity contribution in [3.05, 3.63) is 95.0 Å². The maximum Gasteiger partial charge on any atom is 0.242 e. The third-order valence-corrected chi connectivity index (χ3v) is 7.68. The number of rotatable bonds is 13. The summed E-state index contributed by atoms with van der Waals surface area (Å²) in [6.07, 6.45) is 1.73. The molecule has 0 saturated carbocycles. The molecule has 0 unspecified atom stereocenters. The number of sulfonamides is 1. The van der Waals surface area contributed by atoms with Crippen molar-refractivity contribution in [2.24, 2.45) is 0 Å². The molecule has 0 radical (unpaired) electrons. The van der Waals surface area contributed by atoms with Crippen molar-refractivity contribution in [2.75, 3.05) is 31.3 Å². The summed E-state index contributed by atoms with van der Waals surface area (Å²) in [5.74, 6) is 0.0958. The number of nitrogens with zero attached hydrogens (tertiary/aromatic N) is 2. The molecule has 0 saturated heterocycles. The third-order valence-electron chi connectivity index (χ3n) is 6.25. The lowest BCUT2D eigenvalue weighted by molar-refractivity contribution is -0.141. The lowest BCUT2D eigenvalue weighted by Crippen LogP contribution is -2.49. The lowest BCUT2D eigenvalue weighted by Gasteiger charge is -2.31. The number of likely N-dealkylation sites (N-methyl/N-ethyl adjacent to an activating group) is 1. The number of anilines is 1.